The second-order valence-corrected chi connectivity index (χ2v) is 6.62. The third kappa shape index (κ3) is 4.68. The molecule has 0 atom stereocenters. The molecule has 0 bridgehead atoms. The summed E-state index contributed by atoms with van der Waals surface area (Å²) in [6, 6.07) is 3.77. The molecule has 23 heavy (non-hydrogen) atoms. The number of carboxylic acid groups (broad SMARTS) is 1. The molecule has 0 aliphatic rings. The van der Waals surface area contributed by atoms with Gasteiger partial charge in [-0.2, -0.15) is 0 Å². The van der Waals surface area contributed by atoms with Gasteiger partial charge in [-0.25, -0.2) is 4.98 Å². The van der Waals surface area contributed by atoms with Gasteiger partial charge >= 0.3 is 5.97 Å². The third-order valence-corrected chi connectivity index (χ3v) is 4.63. The Bertz CT molecular complexity index is 687. The van der Waals surface area contributed by atoms with Crippen LogP contribution in [0, 0.1) is 0 Å². The van der Waals surface area contributed by atoms with Crippen molar-refractivity contribution in [1.29, 1.82) is 0 Å². The van der Waals surface area contributed by atoms with Gasteiger partial charge in [-0.05, 0) is 34.5 Å². The maximum atomic E-state index is 10.8. The van der Waals surface area contributed by atoms with Crippen molar-refractivity contribution in [3.8, 4) is 22.1 Å². The van der Waals surface area contributed by atoms with Crippen molar-refractivity contribution in [3.05, 3.63) is 27.7 Å². The van der Waals surface area contributed by atoms with Crippen LogP contribution in [0.4, 0.5) is 0 Å². The zero-order chi connectivity index (χ0) is 16.8. The number of carbonyl (C=O) groups is 1. The zero-order valence-electron chi connectivity index (χ0n) is 13.0. The molecule has 0 unspecified atom stereocenters. The minimum absolute atomic E-state index is 0.0764. The van der Waals surface area contributed by atoms with Crippen LogP contribution in [0.15, 0.2) is 22.0 Å². The van der Waals surface area contributed by atoms with E-state index in [0.717, 1.165) is 27.9 Å². The van der Waals surface area contributed by atoms with Crippen LogP contribution in [0.2, 0.25) is 0 Å². The average Bonchev–Trinajstić information content (AvgIpc) is 2.96. The van der Waals surface area contributed by atoms with Crippen LogP contribution in [0.5, 0.6) is 11.5 Å². The molecule has 2 rings (SSSR count). The second kappa shape index (κ2) is 8.31. The lowest BCUT2D eigenvalue weighted by molar-refractivity contribution is -0.136. The van der Waals surface area contributed by atoms with Crippen molar-refractivity contribution in [3.63, 3.8) is 0 Å². The summed E-state index contributed by atoms with van der Waals surface area (Å²) < 4.78 is 12.0. The summed E-state index contributed by atoms with van der Waals surface area (Å²) in [5.41, 5.74) is 1.41. The first-order chi connectivity index (χ1) is 11.0. The molecule has 0 aliphatic heterocycles. The zero-order valence-corrected chi connectivity index (χ0v) is 15.4. The molecular formula is C16H18BrNO4S. The van der Waals surface area contributed by atoms with Crippen molar-refractivity contribution in [2.75, 3.05) is 13.7 Å². The van der Waals surface area contributed by atoms with Crippen molar-refractivity contribution in [2.24, 2.45) is 0 Å². The summed E-state index contributed by atoms with van der Waals surface area (Å²) >= 11 is 4.92. The van der Waals surface area contributed by atoms with Gasteiger partial charge in [0, 0.05) is 10.9 Å². The first kappa shape index (κ1) is 17.7. The molecule has 0 saturated heterocycles. The van der Waals surface area contributed by atoms with Crippen LogP contribution in [0.3, 0.4) is 0 Å². The fourth-order valence-electron chi connectivity index (χ4n) is 1.98. The lowest BCUT2D eigenvalue weighted by Crippen LogP contribution is -2.00. The second-order valence-electron chi connectivity index (χ2n) is 4.91. The first-order valence-corrected chi connectivity index (χ1v) is 8.89. The van der Waals surface area contributed by atoms with Crippen molar-refractivity contribution < 1.29 is 19.4 Å². The number of thiazole rings is 1. The van der Waals surface area contributed by atoms with E-state index in [1.54, 1.807) is 12.5 Å². The van der Waals surface area contributed by atoms with Crippen LogP contribution in [0.25, 0.3) is 10.6 Å². The number of nitrogens with zero attached hydrogens (tertiary/aromatic N) is 1. The Hall–Kier alpha value is -1.60. The molecule has 1 heterocycles. The maximum absolute atomic E-state index is 10.8. The maximum Gasteiger partial charge on any atom is 0.309 e. The average molecular weight is 400 g/mol. The normalized spacial score (nSPS) is 10.6. The van der Waals surface area contributed by atoms with Gasteiger partial charge in [0.15, 0.2) is 11.5 Å². The predicted molar refractivity (Wildman–Crippen MR) is 93.5 cm³/mol. The van der Waals surface area contributed by atoms with E-state index in [1.807, 2.05) is 12.1 Å². The number of aromatic nitrogens is 1. The van der Waals surface area contributed by atoms with Gasteiger partial charge in [0.1, 0.15) is 5.01 Å². The van der Waals surface area contributed by atoms with Crippen LogP contribution in [-0.4, -0.2) is 29.8 Å². The summed E-state index contributed by atoms with van der Waals surface area (Å²) in [5, 5.41) is 11.3. The fourth-order valence-corrected chi connectivity index (χ4v) is 3.34. The van der Waals surface area contributed by atoms with Gasteiger partial charge in [-0.3, -0.25) is 4.79 Å². The molecule has 124 valence electrons. The minimum atomic E-state index is -0.889. The number of halogens is 1. The van der Waals surface area contributed by atoms with E-state index >= 15 is 0 Å². The summed E-state index contributed by atoms with van der Waals surface area (Å²) in [5.74, 6) is 0.410. The highest BCUT2D eigenvalue weighted by Gasteiger charge is 2.15. The van der Waals surface area contributed by atoms with Gasteiger partial charge in [-0.1, -0.05) is 13.3 Å². The van der Waals surface area contributed by atoms with Crippen molar-refractivity contribution in [1.82, 2.24) is 4.98 Å². The number of methoxy groups -OCH3 is 1. The predicted octanol–water partition coefficient (Wildman–Crippen LogP) is 4.39. The van der Waals surface area contributed by atoms with E-state index in [4.69, 9.17) is 14.6 Å². The third-order valence-electron chi connectivity index (χ3n) is 3.10. The molecule has 0 radical (unpaired) electrons. The lowest BCUT2D eigenvalue weighted by atomic mass is 10.2. The lowest BCUT2D eigenvalue weighted by Gasteiger charge is -2.13. The van der Waals surface area contributed by atoms with Crippen molar-refractivity contribution >= 4 is 33.2 Å². The number of rotatable bonds is 8. The molecule has 1 aromatic heterocycles. The number of hydrogen-bond acceptors (Lipinski definition) is 5. The molecule has 0 fully saturated rings. The highest BCUT2D eigenvalue weighted by Crippen LogP contribution is 2.40. The van der Waals surface area contributed by atoms with Gasteiger partial charge in [0.25, 0.3) is 0 Å². The molecule has 5 nitrogen and oxygen atoms in total. The van der Waals surface area contributed by atoms with Crippen LogP contribution in [-0.2, 0) is 11.2 Å². The molecule has 0 spiro atoms. The van der Waals surface area contributed by atoms with Crippen molar-refractivity contribution in [2.45, 2.75) is 26.2 Å². The number of unbranched alkanes of at least 4 members (excludes halogenated alkanes) is 1. The largest absolute Gasteiger partial charge is 0.493 e. The number of benzene rings is 1. The van der Waals surface area contributed by atoms with Crippen LogP contribution >= 0.6 is 27.3 Å². The molecule has 2 aromatic rings. The molecule has 1 N–H and O–H groups in total. The highest BCUT2D eigenvalue weighted by atomic mass is 79.9. The number of hydrogen-bond donors (Lipinski definition) is 1. The van der Waals surface area contributed by atoms with E-state index in [1.165, 1.54) is 11.3 Å². The Labute approximate surface area is 147 Å². The SMILES string of the molecule is CCCCOc1c(Br)cc(-c2nc(CC(=O)O)cs2)cc1OC. The Morgan fingerprint density at radius 2 is 2.22 bits per heavy atom. The summed E-state index contributed by atoms with van der Waals surface area (Å²) in [4.78, 5) is 15.1. The van der Waals surface area contributed by atoms with Gasteiger partial charge < -0.3 is 14.6 Å². The Morgan fingerprint density at radius 1 is 1.43 bits per heavy atom. The standard InChI is InChI=1S/C16H18BrNO4S/c1-3-4-5-22-15-12(17)6-10(7-13(15)21-2)16-18-11(9-23-16)8-14(19)20/h6-7,9H,3-5,8H2,1-2H3,(H,19,20). The van der Waals surface area contributed by atoms with Crippen LogP contribution in [0.1, 0.15) is 25.5 Å². The van der Waals surface area contributed by atoms with Crippen LogP contribution < -0.4 is 9.47 Å². The molecule has 0 aliphatic carbocycles. The summed E-state index contributed by atoms with van der Waals surface area (Å²) in [6.45, 7) is 2.74. The summed E-state index contributed by atoms with van der Waals surface area (Å²) in [6.07, 6.45) is 1.96. The fraction of sp³-hybridized carbons (Fsp3) is 0.375. The Balaban J connectivity index is 2.28. The molecule has 1 aromatic carbocycles. The Morgan fingerprint density at radius 3 is 2.87 bits per heavy atom. The number of ether oxygens (including phenoxy) is 2. The molecular weight excluding hydrogens is 382 g/mol. The van der Waals surface area contributed by atoms with E-state index in [9.17, 15) is 4.79 Å². The topological polar surface area (TPSA) is 68.7 Å². The quantitative estimate of drug-likeness (QED) is 0.666. The number of carboxylic acids is 1. The molecule has 0 saturated carbocycles. The van der Waals surface area contributed by atoms with E-state index in [0.29, 0.717) is 23.8 Å². The van der Waals surface area contributed by atoms with E-state index in [2.05, 4.69) is 27.8 Å². The van der Waals surface area contributed by atoms with E-state index < -0.39 is 5.97 Å². The minimum Gasteiger partial charge on any atom is -0.493 e. The Kier molecular flexibility index (Phi) is 6.41. The van der Waals surface area contributed by atoms with Gasteiger partial charge in [0.05, 0.1) is 30.3 Å². The summed E-state index contributed by atoms with van der Waals surface area (Å²) in [7, 11) is 1.59. The van der Waals surface area contributed by atoms with Gasteiger partial charge in [0.2, 0.25) is 0 Å². The molecule has 0 amide bonds. The van der Waals surface area contributed by atoms with E-state index in [-0.39, 0.29) is 6.42 Å². The monoisotopic (exact) mass is 399 g/mol. The van der Waals surface area contributed by atoms with Gasteiger partial charge in [-0.15, -0.1) is 11.3 Å². The molecule has 7 heteroatoms. The highest BCUT2D eigenvalue weighted by molar-refractivity contribution is 9.10. The smallest absolute Gasteiger partial charge is 0.309 e. The number of aliphatic carboxylic acids is 1. The first-order valence-electron chi connectivity index (χ1n) is 7.22.